The maximum absolute atomic E-state index is 13.5. The molecule has 9 heteroatoms. The van der Waals surface area contributed by atoms with Crippen molar-refractivity contribution in [3.05, 3.63) is 63.8 Å². The summed E-state index contributed by atoms with van der Waals surface area (Å²) in [5.41, 5.74) is 2.02. The number of fused-ring (bicyclic) bond motifs is 4. The first kappa shape index (κ1) is 21.3. The van der Waals surface area contributed by atoms with Crippen molar-refractivity contribution < 1.29 is 39.5 Å². The zero-order valence-corrected chi connectivity index (χ0v) is 17.7. The van der Waals surface area contributed by atoms with E-state index in [0.29, 0.717) is 17.7 Å². The number of aliphatic hydroxyl groups is 3. The highest BCUT2D eigenvalue weighted by molar-refractivity contribution is 6.24. The van der Waals surface area contributed by atoms with Crippen LogP contribution in [0.25, 0.3) is 0 Å². The molecule has 1 heterocycles. The number of aliphatic hydroxyl groups excluding tert-OH is 2. The summed E-state index contributed by atoms with van der Waals surface area (Å²) >= 11 is 0. The third-order valence-corrected chi connectivity index (χ3v) is 7.20. The minimum absolute atomic E-state index is 0.0214. The zero-order valence-electron chi connectivity index (χ0n) is 17.7. The summed E-state index contributed by atoms with van der Waals surface area (Å²) in [5.74, 6) is -6.89. The highest BCUT2D eigenvalue weighted by Crippen LogP contribution is 2.58. The summed E-state index contributed by atoms with van der Waals surface area (Å²) < 4.78 is 6.18. The number of primary amides is 1. The van der Waals surface area contributed by atoms with E-state index in [1.807, 2.05) is 13.0 Å². The number of ether oxygens (including phenoxy) is 1. The lowest BCUT2D eigenvalue weighted by Crippen LogP contribution is -2.63. The second-order valence-electron chi connectivity index (χ2n) is 8.94. The van der Waals surface area contributed by atoms with Gasteiger partial charge in [0.1, 0.15) is 28.9 Å². The molecule has 0 fully saturated rings. The van der Waals surface area contributed by atoms with Crippen LogP contribution in [0.5, 0.6) is 5.75 Å². The van der Waals surface area contributed by atoms with Crippen LogP contribution in [0.3, 0.4) is 0 Å². The van der Waals surface area contributed by atoms with Gasteiger partial charge in [-0.25, -0.2) is 0 Å². The average Bonchev–Trinajstić information content (AvgIpc) is 2.75. The van der Waals surface area contributed by atoms with E-state index in [4.69, 9.17) is 10.5 Å². The van der Waals surface area contributed by atoms with E-state index in [2.05, 4.69) is 0 Å². The maximum Gasteiger partial charge on any atom is 0.255 e. The Hall–Kier alpha value is -3.59. The van der Waals surface area contributed by atoms with Crippen molar-refractivity contribution in [3.8, 4) is 5.75 Å². The highest BCUT2D eigenvalue weighted by atomic mass is 16.5. The van der Waals surface area contributed by atoms with E-state index < -0.39 is 64.0 Å². The van der Waals surface area contributed by atoms with Crippen LogP contribution in [-0.2, 0) is 14.3 Å². The smallest absolute Gasteiger partial charge is 0.255 e. The van der Waals surface area contributed by atoms with E-state index in [0.717, 1.165) is 6.42 Å². The summed E-state index contributed by atoms with van der Waals surface area (Å²) in [4.78, 5) is 38.5. The van der Waals surface area contributed by atoms with E-state index in [9.17, 15) is 34.8 Å². The lowest BCUT2D eigenvalue weighted by molar-refractivity contribution is -0.157. The molecule has 0 saturated carbocycles. The van der Waals surface area contributed by atoms with Gasteiger partial charge in [-0.3, -0.25) is 14.4 Å². The fraction of sp³-hybridized carbons (Fsp3) is 0.375. The van der Waals surface area contributed by atoms with Crippen molar-refractivity contribution in [1.29, 1.82) is 0 Å². The molecule has 0 spiro atoms. The molecule has 6 N–H and O–H groups in total. The molecule has 1 aromatic rings. The number of hydrogen-bond donors (Lipinski definition) is 5. The first-order valence-electron chi connectivity index (χ1n) is 10.8. The summed E-state index contributed by atoms with van der Waals surface area (Å²) in [6, 6.07) is 4.67. The predicted octanol–water partition coefficient (Wildman–Crippen LogP) is 1.81. The monoisotopic (exact) mass is 453 g/mol. The van der Waals surface area contributed by atoms with Gasteiger partial charge in [-0.1, -0.05) is 19.1 Å². The van der Waals surface area contributed by atoms with Gasteiger partial charge in [0, 0.05) is 36.2 Å². The summed E-state index contributed by atoms with van der Waals surface area (Å²) in [7, 11) is 0. The molecule has 3 aliphatic carbocycles. The van der Waals surface area contributed by atoms with Gasteiger partial charge in [-0.2, -0.15) is 0 Å². The van der Waals surface area contributed by atoms with Crippen LogP contribution in [0.15, 0.2) is 52.7 Å². The molecular weight excluding hydrogens is 430 g/mol. The fourth-order valence-corrected chi connectivity index (χ4v) is 5.82. The van der Waals surface area contributed by atoms with Gasteiger partial charge in [0.2, 0.25) is 5.78 Å². The minimum atomic E-state index is -2.69. The molecule has 1 amide bonds. The van der Waals surface area contributed by atoms with Crippen LogP contribution in [0, 0.1) is 11.8 Å². The van der Waals surface area contributed by atoms with E-state index in [1.165, 1.54) is 6.07 Å². The van der Waals surface area contributed by atoms with E-state index >= 15 is 0 Å². The third-order valence-electron chi connectivity index (χ3n) is 7.20. The molecule has 1 aliphatic heterocycles. The molecule has 0 unspecified atom stereocenters. The van der Waals surface area contributed by atoms with Crippen LogP contribution in [0.4, 0.5) is 0 Å². The number of allylic oxidation sites excluding steroid dienone is 3. The van der Waals surface area contributed by atoms with Crippen LogP contribution in [0.2, 0.25) is 0 Å². The van der Waals surface area contributed by atoms with Crippen LogP contribution >= 0.6 is 0 Å². The number of ketones is 2. The molecular formula is C24H23NO8. The normalized spacial score (nSPS) is 32.5. The topological polar surface area (TPSA) is 167 Å². The van der Waals surface area contributed by atoms with Crippen molar-refractivity contribution >= 4 is 17.5 Å². The van der Waals surface area contributed by atoms with Crippen molar-refractivity contribution in [2.45, 2.75) is 43.8 Å². The second-order valence-corrected chi connectivity index (χ2v) is 8.94. The average molecular weight is 453 g/mol. The van der Waals surface area contributed by atoms with Crippen LogP contribution < -0.4 is 5.73 Å². The molecule has 33 heavy (non-hydrogen) atoms. The summed E-state index contributed by atoms with van der Waals surface area (Å²) in [6.45, 7) is 1.95. The molecule has 9 nitrogen and oxygen atoms in total. The third kappa shape index (κ3) is 2.59. The van der Waals surface area contributed by atoms with Gasteiger partial charge in [0.15, 0.2) is 11.4 Å². The molecule has 0 radical (unpaired) electrons. The van der Waals surface area contributed by atoms with Gasteiger partial charge < -0.3 is 30.9 Å². The zero-order chi connectivity index (χ0) is 23.8. The number of nitrogens with two attached hydrogens (primary N) is 1. The molecule has 5 atom stereocenters. The number of benzene rings is 1. The molecule has 1 aromatic carbocycles. The Morgan fingerprint density at radius 1 is 1.24 bits per heavy atom. The van der Waals surface area contributed by atoms with Gasteiger partial charge >= 0.3 is 0 Å². The molecule has 4 aliphatic rings. The molecule has 5 rings (SSSR count). The van der Waals surface area contributed by atoms with Gasteiger partial charge in [0.05, 0.1) is 11.3 Å². The summed E-state index contributed by atoms with van der Waals surface area (Å²) in [5, 5.41) is 43.6. The Bertz CT molecular complexity index is 1220. The number of Topliss-reactive ketones (excluding diaryl/α,β-unsaturated/α-hetero) is 2. The number of phenolic OH excluding ortho intramolecular Hbond substituents is 1. The molecule has 0 bridgehead atoms. The van der Waals surface area contributed by atoms with Crippen LogP contribution in [-0.4, -0.2) is 49.6 Å². The van der Waals surface area contributed by atoms with Crippen molar-refractivity contribution in [2.24, 2.45) is 17.6 Å². The van der Waals surface area contributed by atoms with Gasteiger partial charge in [-0.15, -0.1) is 0 Å². The maximum atomic E-state index is 13.5. The number of aromatic hydroxyl groups is 1. The largest absolute Gasteiger partial charge is 0.511 e. The minimum Gasteiger partial charge on any atom is -0.511 e. The second kappa shape index (κ2) is 6.95. The highest BCUT2D eigenvalue weighted by Gasteiger charge is 2.66. The number of carbonyl (C=O) groups excluding carboxylic acids is 3. The summed E-state index contributed by atoms with van der Waals surface area (Å²) in [6.07, 6.45) is 1.80. The number of phenols is 1. The Kier molecular flexibility index (Phi) is 4.48. The first-order valence-corrected chi connectivity index (χ1v) is 10.8. The Labute approximate surface area is 188 Å². The van der Waals surface area contributed by atoms with Crippen LogP contribution in [0.1, 0.15) is 48.0 Å². The predicted molar refractivity (Wildman–Crippen MR) is 113 cm³/mol. The van der Waals surface area contributed by atoms with E-state index in [-0.39, 0.29) is 23.3 Å². The Morgan fingerprint density at radius 3 is 2.64 bits per heavy atom. The molecule has 172 valence electrons. The first-order chi connectivity index (χ1) is 15.6. The van der Waals surface area contributed by atoms with Gasteiger partial charge in [-0.05, 0) is 24.1 Å². The number of carbonyl (C=O) groups is 3. The van der Waals surface area contributed by atoms with Gasteiger partial charge in [0.25, 0.3) is 5.91 Å². The fourth-order valence-electron chi connectivity index (χ4n) is 5.82. The number of hydrogen-bond acceptors (Lipinski definition) is 8. The Balaban J connectivity index is 1.82. The lowest BCUT2D eigenvalue weighted by atomic mass is 9.55. The SMILES string of the molecule is CCCC1=C[C@H]2c3cccc(O)c3C(=O)C3=C(O)[C@]4(O)C(=O)C(C(N)=O)=C(O)C[C@@H]4[C@@H](O1)[C@@H]32. The standard InChI is InChI=1S/C24H23NO8/c1-2-4-9-7-11-10-5-3-6-13(26)15(10)19(28)18-16(11)20(33-9)12-8-14(27)17(23(25)31)21(29)24(12,32)22(18)30/h3,5-7,11-12,16,20,26-27,30,32H,2,4,8H2,1H3,(H2,25,31)/t11-,12+,16+,20+,24+/m0/s1. The molecule has 0 saturated heterocycles. The van der Waals surface area contributed by atoms with Crippen molar-refractivity contribution in [3.63, 3.8) is 0 Å². The van der Waals surface area contributed by atoms with E-state index in [1.54, 1.807) is 12.1 Å². The van der Waals surface area contributed by atoms with Crippen molar-refractivity contribution in [2.75, 3.05) is 0 Å². The lowest BCUT2D eigenvalue weighted by Gasteiger charge is -2.53. The quantitative estimate of drug-likeness (QED) is 0.432. The number of rotatable bonds is 3. The molecule has 0 aromatic heterocycles. The van der Waals surface area contributed by atoms with Crippen molar-refractivity contribution in [1.82, 2.24) is 0 Å². The Morgan fingerprint density at radius 2 is 1.97 bits per heavy atom. The number of amides is 1.